The molecule has 0 radical (unpaired) electrons. The van der Waals surface area contributed by atoms with Crippen LogP contribution in [0, 0.1) is 0 Å². The second kappa shape index (κ2) is 10.3. The molecule has 0 bridgehead atoms. The van der Waals surface area contributed by atoms with Crippen molar-refractivity contribution in [2.75, 3.05) is 43.5 Å². The summed E-state index contributed by atoms with van der Waals surface area (Å²) >= 11 is 0. The van der Waals surface area contributed by atoms with Gasteiger partial charge in [0.1, 0.15) is 5.82 Å². The Kier molecular flexibility index (Phi) is 7.72. The molecule has 1 aliphatic rings. The van der Waals surface area contributed by atoms with Gasteiger partial charge in [0.2, 0.25) is 10.0 Å². The SMILES string of the molecule is CCCCn1c(N)c(N(CC)C(=O)c2cccc(S(=O)(=O)N3CCOCC3)c2)c(=O)[nH]c1=O. The van der Waals surface area contributed by atoms with Crippen molar-refractivity contribution in [3.05, 3.63) is 50.7 Å². The van der Waals surface area contributed by atoms with E-state index in [1.165, 1.54) is 33.1 Å². The fourth-order valence-electron chi connectivity index (χ4n) is 3.66. The highest BCUT2D eigenvalue weighted by Crippen LogP contribution is 2.22. The van der Waals surface area contributed by atoms with Crippen LogP contribution in [0.1, 0.15) is 37.0 Å². The predicted molar refractivity (Wildman–Crippen MR) is 124 cm³/mol. The van der Waals surface area contributed by atoms with E-state index in [2.05, 4.69) is 4.98 Å². The van der Waals surface area contributed by atoms with E-state index in [-0.39, 0.29) is 41.6 Å². The number of unbranched alkanes of at least 4 members (excludes halogenated alkanes) is 1. The topological polar surface area (TPSA) is 148 Å². The number of H-pyrrole nitrogens is 1. The third-order valence-corrected chi connectivity index (χ3v) is 7.36. The number of morpholine rings is 1. The van der Waals surface area contributed by atoms with Crippen LogP contribution in [0.15, 0.2) is 38.8 Å². The Morgan fingerprint density at radius 3 is 2.55 bits per heavy atom. The average Bonchev–Trinajstić information content (AvgIpc) is 2.81. The predicted octanol–water partition coefficient (Wildman–Crippen LogP) is 0.607. The molecule has 12 heteroatoms. The van der Waals surface area contributed by atoms with Gasteiger partial charge < -0.3 is 15.4 Å². The molecule has 0 unspecified atom stereocenters. The molecule has 33 heavy (non-hydrogen) atoms. The van der Waals surface area contributed by atoms with Crippen LogP contribution >= 0.6 is 0 Å². The number of nitrogens with zero attached hydrogens (tertiary/aromatic N) is 3. The number of benzene rings is 1. The maximum absolute atomic E-state index is 13.3. The first-order chi connectivity index (χ1) is 15.7. The Balaban J connectivity index is 2.00. The molecule has 2 aromatic rings. The molecule has 1 aromatic carbocycles. The second-order valence-electron chi connectivity index (χ2n) is 7.59. The van der Waals surface area contributed by atoms with Gasteiger partial charge in [-0.05, 0) is 31.5 Å². The number of aromatic nitrogens is 2. The first-order valence-electron chi connectivity index (χ1n) is 10.8. The summed E-state index contributed by atoms with van der Waals surface area (Å²) in [7, 11) is -3.81. The number of nitrogens with two attached hydrogens (primary N) is 1. The quantitative estimate of drug-likeness (QED) is 0.563. The Hall–Kier alpha value is -2.96. The van der Waals surface area contributed by atoms with Crippen LogP contribution in [0.4, 0.5) is 11.5 Å². The third-order valence-electron chi connectivity index (χ3n) is 5.47. The molecular weight excluding hydrogens is 450 g/mol. The number of aromatic amines is 1. The van der Waals surface area contributed by atoms with Crippen LogP contribution in [0.3, 0.4) is 0 Å². The summed E-state index contributed by atoms with van der Waals surface area (Å²) in [5, 5.41) is 0. The monoisotopic (exact) mass is 479 g/mol. The van der Waals surface area contributed by atoms with Gasteiger partial charge in [-0.2, -0.15) is 4.31 Å². The van der Waals surface area contributed by atoms with Crippen LogP contribution in [0.5, 0.6) is 0 Å². The molecule has 0 aliphatic carbocycles. The Morgan fingerprint density at radius 2 is 1.91 bits per heavy atom. The molecule has 11 nitrogen and oxygen atoms in total. The summed E-state index contributed by atoms with van der Waals surface area (Å²) in [6.45, 7) is 5.05. The van der Waals surface area contributed by atoms with Crippen molar-refractivity contribution >= 4 is 27.4 Å². The van der Waals surface area contributed by atoms with Gasteiger partial charge in [0.15, 0.2) is 5.69 Å². The van der Waals surface area contributed by atoms with Gasteiger partial charge in [0, 0.05) is 31.7 Å². The molecule has 1 aliphatic heterocycles. The number of sulfonamides is 1. The van der Waals surface area contributed by atoms with Crippen molar-refractivity contribution in [2.24, 2.45) is 0 Å². The zero-order valence-corrected chi connectivity index (χ0v) is 19.6. The molecule has 3 rings (SSSR count). The number of rotatable bonds is 8. The summed E-state index contributed by atoms with van der Waals surface area (Å²) in [5.41, 5.74) is 4.67. The van der Waals surface area contributed by atoms with Gasteiger partial charge in [-0.1, -0.05) is 19.4 Å². The first kappa shape index (κ1) is 24.7. The number of hydrogen-bond donors (Lipinski definition) is 2. The van der Waals surface area contributed by atoms with E-state index >= 15 is 0 Å². The lowest BCUT2D eigenvalue weighted by molar-refractivity contribution is 0.0730. The van der Waals surface area contributed by atoms with Crippen molar-refractivity contribution in [2.45, 2.75) is 38.1 Å². The van der Waals surface area contributed by atoms with E-state index in [9.17, 15) is 22.8 Å². The zero-order chi connectivity index (χ0) is 24.2. The highest BCUT2D eigenvalue weighted by atomic mass is 32.2. The van der Waals surface area contributed by atoms with Crippen LogP contribution in [-0.2, 0) is 21.3 Å². The molecule has 3 N–H and O–H groups in total. The molecule has 2 heterocycles. The van der Waals surface area contributed by atoms with Crippen LogP contribution in [0.25, 0.3) is 0 Å². The summed E-state index contributed by atoms with van der Waals surface area (Å²) in [5.74, 6) is -0.709. The average molecular weight is 480 g/mol. The van der Waals surface area contributed by atoms with Gasteiger partial charge >= 0.3 is 5.69 Å². The Morgan fingerprint density at radius 1 is 1.21 bits per heavy atom. The molecule has 0 saturated carbocycles. The first-order valence-corrected chi connectivity index (χ1v) is 12.3. The smallest absolute Gasteiger partial charge is 0.330 e. The number of hydrogen-bond acceptors (Lipinski definition) is 7. The van der Waals surface area contributed by atoms with Crippen molar-refractivity contribution in [1.29, 1.82) is 0 Å². The number of carbonyl (C=O) groups excluding carboxylic acids is 1. The molecule has 1 saturated heterocycles. The fourth-order valence-corrected chi connectivity index (χ4v) is 5.12. The summed E-state index contributed by atoms with van der Waals surface area (Å²) in [4.78, 5) is 41.5. The Labute approximate surface area is 191 Å². The number of carbonyl (C=O) groups is 1. The van der Waals surface area contributed by atoms with Crippen molar-refractivity contribution in [3.63, 3.8) is 0 Å². The number of nitrogen functional groups attached to an aromatic ring is 1. The molecule has 0 spiro atoms. The van der Waals surface area contributed by atoms with Crippen LogP contribution < -0.4 is 21.9 Å². The number of nitrogens with one attached hydrogen (secondary N) is 1. The van der Waals surface area contributed by atoms with E-state index < -0.39 is 27.2 Å². The highest BCUT2D eigenvalue weighted by Gasteiger charge is 2.29. The minimum absolute atomic E-state index is 0.0268. The normalized spacial score (nSPS) is 14.8. The van der Waals surface area contributed by atoms with E-state index in [0.29, 0.717) is 26.2 Å². The van der Waals surface area contributed by atoms with Crippen molar-refractivity contribution in [1.82, 2.24) is 13.9 Å². The maximum Gasteiger partial charge on any atom is 0.330 e. The lowest BCUT2D eigenvalue weighted by Crippen LogP contribution is -2.41. The highest BCUT2D eigenvalue weighted by molar-refractivity contribution is 7.89. The standard InChI is InChI=1S/C21H29N5O6S/c1-3-5-9-26-18(22)17(19(27)23-21(26)29)25(4-2)20(28)15-7-6-8-16(14-15)33(30,31)24-10-12-32-13-11-24/h6-8,14H,3-5,9-13,22H2,1-2H3,(H,23,27,29). The largest absolute Gasteiger partial charge is 0.383 e. The summed E-state index contributed by atoms with van der Waals surface area (Å²) in [6.07, 6.45) is 1.47. The number of anilines is 2. The lowest BCUT2D eigenvalue weighted by Gasteiger charge is -2.26. The molecular formula is C21H29N5O6S. The van der Waals surface area contributed by atoms with E-state index in [0.717, 1.165) is 11.3 Å². The minimum atomic E-state index is -3.81. The minimum Gasteiger partial charge on any atom is -0.383 e. The lowest BCUT2D eigenvalue weighted by atomic mass is 10.2. The van der Waals surface area contributed by atoms with Crippen molar-refractivity contribution < 1.29 is 17.9 Å². The third kappa shape index (κ3) is 5.02. The second-order valence-corrected chi connectivity index (χ2v) is 9.53. The van der Waals surface area contributed by atoms with Crippen molar-refractivity contribution in [3.8, 4) is 0 Å². The fraction of sp³-hybridized carbons (Fsp3) is 0.476. The molecule has 1 aromatic heterocycles. The van der Waals surface area contributed by atoms with Gasteiger partial charge in [-0.15, -0.1) is 0 Å². The molecule has 180 valence electrons. The Bertz CT molecular complexity index is 1230. The molecule has 0 atom stereocenters. The van der Waals surface area contributed by atoms with Crippen LogP contribution in [0.2, 0.25) is 0 Å². The maximum atomic E-state index is 13.3. The van der Waals surface area contributed by atoms with E-state index in [1.54, 1.807) is 6.92 Å². The number of amides is 1. The molecule has 1 amide bonds. The van der Waals surface area contributed by atoms with Gasteiger partial charge in [-0.3, -0.25) is 19.1 Å². The van der Waals surface area contributed by atoms with E-state index in [4.69, 9.17) is 10.5 Å². The summed E-state index contributed by atoms with van der Waals surface area (Å²) < 4.78 is 33.7. The van der Waals surface area contributed by atoms with Gasteiger partial charge in [-0.25, -0.2) is 13.2 Å². The summed E-state index contributed by atoms with van der Waals surface area (Å²) in [6, 6.07) is 5.65. The van der Waals surface area contributed by atoms with Crippen LogP contribution in [-0.4, -0.2) is 61.0 Å². The van der Waals surface area contributed by atoms with Gasteiger partial charge in [0.05, 0.1) is 18.1 Å². The number of ether oxygens (including phenoxy) is 1. The zero-order valence-electron chi connectivity index (χ0n) is 18.7. The molecule has 1 fully saturated rings. The van der Waals surface area contributed by atoms with Gasteiger partial charge in [0.25, 0.3) is 11.5 Å². The van der Waals surface area contributed by atoms with E-state index in [1.807, 2.05) is 6.92 Å².